The molecule has 0 N–H and O–H groups in total. The van der Waals surface area contributed by atoms with E-state index >= 15 is 0 Å². The molecule has 0 bridgehead atoms. The van der Waals surface area contributed by atoms with E-state index < -0.39 is 5.97 Å². The van der Waals surface area contributed by atoms with Crippen LogP contribution in [0.15, 0.2) is 61.2 Å². The third-order valence-corrected chi connectivity index (χ3v) is 4.27. The van der Waals surface area contributed by atoms with Crippen LogP contribution in [0.3, 0.4) is 0 Å². The van der Waals surface area contributed by atoms with Gasteiger partial charge < -0.3 is 14.4 Å². The van der Waals surface area contributed by atoms with Gasteiger partial charge in [0, 0.05) is 13.1 Å². The van der Waals surface area contributed by atoms with Crippen LogP contribution in [0.1, 0.15) is 21.5 Å². The van der Waals surface area contributed by atoms with Gasteiger partial charge in [-0.05, 0) is 41.8 Å². The number of nitrogens with zero attached hydrogens (tertiary/aromatic N) is 1. The van der Waals surface area contributed by atoms with Crippen molar-refractivity contribution in [2.24, 2.45) is 0 Å². The van der Waals surface area contributed by atoms with E-state index in [-0.39, 0.29) is 12.5 Å². The molecule has 3 rings (SSSR count). The van der Waals surface area contributed by atoms with Crippen molar-refractivity contribution in [2.45, 2.75) is 13.0 Å². The van der Waals surface area contributed by atoms with Gasteiger partial charge in [-0.3, -0.25) is 4.79 Å². The number of benzene rings is 2. The second-order valence-electron chi connectivity index (χ2n) is 6.03. The number of amides is 1. The van der Waals surface area contributed by atoms with Gasteiger partial charge in [0.25, 0.3) is 5.91 Å². The van der Waals surface area contributed by atoms with Crippen molar-refractivity contribution in [3.63, 3.8) is 0 Å². The van der Waals surface area contributed by atoms with Crippen LogP contribution in [0.25, 0.3) is 0 Å². The molecule has 0 unspecified atom stereocenters. The Balaban J connectivity index is 1.51. The summed E-state index contributed by atoms with van der Waals surface area (Å²) >= 11 is 0. The molecule has 1 aliphatic heterocycles. The van der Waals surface area contributed by atoms with E-state index in [0.29, 0.717) is 31.0 Å². The lowest BCUT2D eigenvalue weighted by atomic mass is 10.00. The second kappa shape index (κ2) is 8.34. The van der Waals surface area contributed by atoms with Crippen molar-refractivity contribution in [1.82, 2.24) is 4.90 Å². The smallest absolute Gasteiger partial charge is 0.338 e. The molecular formula is C21H21NO4. The monoisotopic (exact) mass is 351 g/mol. The maximum atomic E-state index is 12.3. The van der Waals surface area contributed by atoms with Gasteiger partial charge in [-0.1, -0.05) is 36.9 Å². The average Bonchev–Trinajstić information content (AvgIpc) is 2.70. The van der Waals surface area contributed by atoms with Crippen LogP contribution in [-0.2, 0) is 22.5 Å². The van der Waals surface area contributed by atoms with Gasteiger partial charge in [0.1, 0.15) is 12.4 Å². The molecule has 0 aromatic heterocycles. The Hall–Kier alpha value is -3.08. The first kappa shape index (κ1) is 17.7. The lowest BCUT2D eigenvalue weighted by Gasteiger charge is -2.28. The van der Waals surface area contributed by atoms with Gasteiger partial charge in [0.05, 0.1) is 5.56 Å². The van der Waals surface area contributed by atoms with E-state index in [4.69, 9.17) is 9.47 Å². The molecule has 1 aliphatic rings. The summed E-state index contributed by atoms with van der Waals surface area (Å²) in [5, 5.41) is 0. The number of carbonyl (C=O) groups excluding carboxylic acids is 2. The third kappa shape index (κ3) is 4.30. The van der Waals surface area contributed by atoms with E-state index in [0.717, 1.165) is 12.0 Å². The highest BCUT2D eigenvalue weighted by atomic mass is 16.5. The minimum Gasteiger partial charge on any atom is -0.490 e. The summed E-state index contributed by atoms with van der Waals surface area (Å²) < 4.78 is 10.5. The Morgan fingerprint density at radius 1 is 1.08 bits per heavy atom. The number of carbonyl (C=O) groups is 2. The molecule has 0 saturated heterocycles. The molecule has 0 atom stereocenters. The Labute approximate surface area is 152 Å². The largest absolute Gasteiger partial charge is 0.490 e. The normalized spacial score (nSPS) is 12.8. The quantitative estimate of drug-likeness (QED) is 0.593. The number of ether oxygens (including phenoxy) is 2. The highest BCUT2D eigenvalue weighted by molar-refractivity contribution is 5.91. The summed E-state index contributed by atoms with van der Waals surface area (Å²) in [7, 11) is 0. The van der Waals surface area contributed by atoms with Crippen molar-refractivity contribution in [3.05, 3.63) is 77.9 Å². The zero-order valence-electron chi connectivity index (χ0n) is 14.5. The predicted molar refractivity (Wildman–Crippen MR) is 98.0 cm³/mol. The SMILES string of the molecule is C=CCOc1ccc(C(=O)OCC(=O)N2CCc3ccccc3C2)cc1. The van der Waals surface area contributed by atoms with E-state index in [9.17, 15) is 9.59 Å². The zero-order valence-corrected chi connectivity index (χ0v) is 14.5. The van der Waals surface area contributed by atoms with Crippen molar-refractivity contribution in [3.8, 4) is 5.75 Å². The van der Waals surface area contributed by atoms with Gasteiger partial charge in [-0.2, -0.15) is 0 Å². The van der Waals surface area contributed by atoms with E-state index in [2.05, 4.69) is 12.6 Å². The summed E-state index contributed by atoms with van der Waals surface area (Å²) in [4.78, 5) is 26.2. The highest BCUT2D eigenvalue weighted by Crippen LogP contribution is 2.18. The molecule has 26 heavy (non-hydrogen) atoms. The van der Waals surface area contributed by atoms with Gasteiger partial charge in [-0.25, -0.2) is 4.79 Å². The Morgan fingerprint density at radius 2 is 1.81 bits per heavy atom. The maximum absolute atomic E-state index is 12.3. The molecule has 1 heterocycles. The highest BCUT2D eigenvalue weighted by Gasteiger charge is 2.21. The van der Waals surface area contributed by atoms with Crippen LogP contribution in [0, 0.1) is 0 Å². The van der Waals surface area contributed by atoms with Crippen LogP contribution in [0.5, 0.6) is 5.75 Å². The Kier molecular flexibility index (Phi) is 5.69. The first-order valence-corrected chi connectivity index (χ1v) is 8.53. The fraction of sp³-hybridized carbons (Fsp3) is 0.238. The molecule has 0 spiro atoms. The number of hydrogen-bond donors (Lipinski definition) is 0. The average molecular weight is 351 g/mol. The van der Waals surface area contributed by atoms with Crippen molar-refractivity contribution in [2.75, 3.05) is 19.8 Å². The van der Waals surface area contributed by atoms with Crippen LogP contribution in [0.2, 0.25) is 0 Å². The fourth-order valence-corrected chi connectivity index (χ4v) is 2.85. The van der Waals surface area contributed by atoms with Gasteiger partial charge >= 0.3 is 5.97 Å². The van der Waals surface area contributed by atoms with Crippen LogP contribution in [0.4, 0.5) is 0 Å². The zero-order chi connectivity index (χ0) is 18.4. The maximum Gasteiger partial charge on any atom is 0.338 e. The number of fused-ring (bicyclic) bond motifs is 1. The van der Waals surface area contributed by atoms with Gasteiger partial charge in [0.15, 0.2) is 6.61 Å². The standard InChI is InChI=1S/C21H21NO4/c1-2-13-25-19-9-7-17(8-10-19)21(24)26-15-20(23)22-12-11-16-5-3-4-6-18(16)14-22/h2-10H,1,11-15H2. The summed E-state index contributed by atoms with van der Waals surface area (Å²) in [6.45, 7) is 4.92. The summed E-state index contributed by atoms with van der Waals surface area (Å²) in [5.41, 5.74) is 2.80. The fourth-order valence-electron chi connectivity index (χ4n) is 2.85. The van der Waals surface area contributed by atoms with Crippen LogP contribution < -0.4 is 4.74 Å². The van der Waals surface area contributed by atoms with Gasteiger partial charge in [-0.15, -0.1) is 0 Å². The molecule has 5 nitrogen and oxygen atoms in total. The number of hydrogen-bond acceptors (Lipinski definition) is 4. The predicted octanol–water partition coefficient (Wildman–Crippen LogP) is 2.99. The third-order valence-electron chi connectivity index (χ3n) is 4.27. The summed E-state index contributed by atoms with van der Waals surface area (Å²) in [6.07, 6.45) is 2.47. The van der Waals surface area contributed by atoms with Crippen molar-refractivity contribution in [1.29, 1.82) is 0 Å². The van der Waals surface area contributed by atoms with Gasteiger partial charge in [0.2, 0.25) is 0 Å². The van der Waals surface area contributed by atoms with Crippen molar-refractivity contribution >= 4 is 11.9 Å². The first-order valence-electron chi connectivity index (χ1n) is 8.53. The minimum absolute atomic E-state index is 0.182. The molecule has 1 amide bonds. The molecular weight excluding hydrogens is 330 g/mol. The molecule has 0 saturated carbocycles. The molecule has 134 valence electrons. The van der Waals surface area contributed by atoms with Crippen molar-refractivity contribution < 1.29 is 19.1 Å². The van der Waals surface area contributed by atoms with E-state index in [1.807, 2.05) is 18.2 Å². The Bertz CT molecular complexity index is 798. The second-order valence-corrected chi connectivity index (χ2v) is 6.03. The number of esters is 1. The lowest BCUT2D eigenvalue weighted by molar-refractivity contribution is -0.135. The Morgan fingerprint density at radius 3 is 2.54 bits per heavy atom. The minimum atomic E-state index is -0.522. The molecule has 0 radical (unpaired) electrons. The topological polar surface area (TPSA) is 55.8 Å². The molecule has 2 aromatic carbocycles. The van der Waals surface area contributed by atoms with Crippen LogP contribution >= 0.6 is 0 Å². The molecule has 0 aliphatic carbocycles. The van der Waals surface area contributed by atoms with E-state index in [1.165, 1.54) is 5.56 Å². The molecule has 0 fully saturated rings. The first-order chi connectivity index (χ1) is 12.7. The molecule has 5 heteroatoms. The number of rotatable bonds is 6. The van der Waals surface area contributed by atoms with E-state index in [1.54, 1.807) is 35.2 Å². The summed E-state index contributed by atoms with van der Waals surface area (Å²) in [5.74, 6) is -0.0608. The van der Waals surface area contributed by atoms with Crippen LogP contribution in [-0.4, -0.2) is 36.5 Å². The lowest BCUT2D eigenvalue weighted by Crippen LogP contribution is -2.38. The summed E-state index contributed by atoms with van der Waals surface area (Å²) in [6, 6.07) is 14.7. The molecule has 2 aromatic rings.